The second-order valence-electron chi connectivity index (χ2n) is 2.83. The van der Waals surface area contributed by atoms with Gasteiger partial charge in [-0.1, -0.05) is 0 Å². The van der Waals surface area contributed by atoms with Crippen LogP contribution in [0.4, 0.5) is 5.69 Å². The van der Waals surface area contributed by atoms with E-state index in [4.69, 9.17) is 5.73 Å². The summed E-state index contributed by atoms with van der Waals surface area (Å²) in [6.45, 7) is 1.18. The molecule has 16 heavy (non-hydrogen) atoms. The van der Waals surface area contributed by atoms with E-state index in [0.717, 1.165) is 6.07 Å². The number of nitrogen functional groups attached to an aromatic ring is 1. The van der Waals surface area contributed by atoms with Gasteiger partial charge < -0.3 is 0 Å². The molecule has 0 aliphatic heterocycles. The van der Waals surface area contributed by atoms with E-state index in [0.29, 0.717) is 0 Å². The van der Waals surface area contributed by atoms with Gasteiger partial charge in [-0.3, -0.25) is 0 Å². The molecular formula is C8H8AsNNa2O4. The fourth-order valence-electron chi connectivity index (χ4n) is 1.07. The van der Waals surface area contributed by atoms with E-state index in [2.05, 4.69) is 0 Å². The summed E-state index contributed by atoms with van der Waals surface area (Å²) in [5.41, 5.74) is 5.49. The van der Waals surface area contributed by atoms with Crippen LogP contribution in [0.1, 0.15) is 17.3 Å². The van der Waals surface area contributed by atoms with Crippen molar-refractivity contribution in [2.24, 2.45) is 0 Å². The Labute approximate surface area is 140 Å². The second kappa shape index (κ2) is 7.41. The predicted molar refractivity (Wildman–Crippen MR) is 46.9 cm³/mol. The van der Waals surface area contributed by atoms with Gasteiger partial charge in [0.05, 0.1) is 0 Å². The number of hydrogen-bond donors (Lipinski definition) is 1. The van der Waals surface area contributed by atoms with Gasteiger partial charge in [0.2, 0.25) is 0 Å². The number of anilines is 1. The van der Waals surface area contributed by atoms with Crippen LogP contribution in [0.25, 0.3) is 0 Å². The van der Waals surface area contributed by atoms with Gasteiger partial charge in [-0.05, 0) is 0 Å². The molecule has 0 saturated carbocycles. The molecule has 0 saturated heterocycles. The number of ketones is 1. The SMILES string of the molecule is CC(=O)c1cc(N)ccc1[As](=O)([O-])[O-].[Na+].[Na+]. The minimum atomic E-state index is -5.53. The summed E-state index contributed by atoms with van der Waals surface area (Å²) in [7, 11) is 0. The van der Waals surface area contributed by atoms with Gasteiger partial charge in [0.25, 0.3) is 0 Å². The van der Waals surface area contributed by atoms with Crippen LogP contribution in [0, 0.1) is 0 Å². The first-order chi connectivity index (χ1) is 6.32. The summed E-state index contributed by atoms with van der Waals surface area (Å²) in [5, 5.41) is 0. The Morgan fingerprint density at radius 2 is 1.81 bits per heavy atom. The van der Waals surface area contributed by atoms with Crippen LogP contribution < -0.4 is 77.4 Å². The van der Waals surface area contributed by atoms with Crippen LogP contribution in [0.2, 0.25) is 0 Å². The standard InChI is InChI=1S/C8H10AsNO4.2Na/c1-5(11)7-4-6(10)2-3-8(7)9(12,13)14;;/h2-4H,10H2,1H3,(H2,12,13,14);;/q;2*+1/p-2. The molecule has 0 aliphatic carbocycles. The number of benzene rings is 1. The first-order valence-corrected chi connectivity index (χ1v) is 6.99. The van der Waals surface area contributed by atoms with Crippen LogP contribution in [-0.2, 0) is 3.74 Å². The first-order valence-electron chi connectivity index (χ1n) is 3.75. The third kappa shape index (κ3) is 5.08. The monoisotopic (exact) mass is 303 g/mol. The number of carbonyl (C=O) groups is 1. The number of Topliss-reactive ketones (excluding diaryl/α,β-unsaturated/α-hetero) is 1. The molecule has 1 aromatic carbocycles. The number of hydrogen-bond acceptors (Lipinski definition) is 5. The topological polar surface area (TPSA) is 106 Å². The van der Waals surface area contributed by atoms with Crippen LogP contribution in [0.3, 0.4) is 0 Å². The van der Waals surface area contributed by atoms with E-state index in [1.165, 1.54) is 19.1 Å². The molecule has 0 fully saturated rings. The van der Waals surface area contributed by atoms with E-state index in [-0.39, 0.29) is 70.4 Å². The van der Waals surface area contributed by atoms with E-state index in [9.17, 15) is 16.7 Å². The molecule has 0 unspecified atom stereocenters. The molecule has 76 valence electrons. The minimum Gasteiger partial charge on any atom is 1.00 e. The van der Waals surface area contributed by atoms with Crippen molar-refractivity contribution in [2.45, 2.75) is 6.92 Å². The van der Waals surface area contributed by atoms with Crippen molar-refractivity contribution in [2.75, 3.05) is 5.73 Å². The molecule has 0 spiro atoms. The van der Waals surface area contributed by atoms with Gasteiger partial charge in [-0.25, -0.2) is 0 Å². The molecule has 0 amide bonds. The second-order valence-corrected chi connectivity index (χ2v) is 5.93. The van der Waals surface area contributed by atoms with Crippen molar-refractivity contribution in [1.82, 2.24) is 0 Å². The number of nitrogens with two attached hydrogens (primary N) is 1. The summed E-state index contributed by atoms with van der Waals surface area (Å²) in [6.07, 6.45) is 0. The van der Waals surface area contributed by atoms with Crippen LogP contribution in [0.15, 0.2) is 18.2 Å². The third-order valence-electron chi connectivity index (χ3n) is 1.69. The third-order valence-corrected chi connectivity index (χ3v) is 3.75. The molecule has 0 bridgehead atoms. The van der Waals surface area contributed by atoms with E-state index < -0.39 is 24.3 Å². The minimum absolute atomic E-state index is 0. The van der Waals surface area contributed by atoms with Crippen molar-refractivity contribution in [3.63, 3.8) is 0 Å². The van der Waals surface area contributed by atoms with Gasteiger partial charge in [0, 0.05) is 0 Å². The smallest absolute Gasteiger partial charge is 1.00 e. The fraction of sp³-hybridized carbons (Fsp3) is 0.125. The molecule has 2 N–H and O–H groups in total. The summed E-state index contributed by atoms with van der Waals surface area (Å²) < 4.78 is 32.0. The van der Waals surface area contributed by atoms with Gasteiger partial charge in [-0.2, -0.15) is 0 Å². The zero-order valence-corrected chi connectivity index (χ0v) is 15.3. The molecule has 1 aromatic rings. The molecule has 5 nitrogen and oxygen atoms in total. The maximum Gasteiger partial charge on any atom is 1.00 e. The van der Waals surface area contributed by atoms with Crippen molar-refractivity contribution < 1.29 is 75.8 Å². The summed E-state index contributed by atoms with van der Waals surface area (Å²) >= 11 is -5.53. The Kier molecular flexibility index (Phi) is 8.95. The van der Waals surface area contributed by atoms with Gasteiger partial charge >= 0.3 is 142 Å². The number of rotatable bonds is 2. The van der Waals surface area contributed by atoms with E-state index in [1.807, 2.05) is 0 Å². The Balaban J connectivity index is 0. The average Bonchev–Trinajstić information content (AvgIpc) is 2.01. The Morgan fingerprint density at radius 1 is 1.31 bits per heavy atom. The van der Waals surface area contributed by atoms with Crippen molar-refractivity contribution in [3.05, 3.63) is 23.8 Å². The predicted octanol–water partition coefficient (Wildman–Crippen LogP) is -8.22. The van der Waals surface area contributed by atoms with Gasteiger partial charge in [-0.15, -0.1) is 0 Å². The Morgan fingerprint density at radius 3 is 2.19 bits per heavy atom. The van der Waals surface area contributed by atoms with E-state index >= 15 is 0 Å². The number of carbonyl (C=O) groups excluding carboxylic acids is 1. The quantitative estimate of drug-likeness (QED) is 0.332. The molecule has 0 atom stereocenters. The normalized spacial score (nSPS) is 9.94. The molecule has 1 rings (SSSR count). The fourth-order valence-corrected chi connectivity index (χ4v) is 2.70. The maximum absolute atomic E-state index is 11.0. The molecule has 8 heteroatoms. The van der Waals surface area contributed by atoms with Crippen LogP contribution in [0.5, 0.6) is 0 Å². The molecule has 0 heterocycles. The largest absolute Gasteiger partial charge is 1.00 e. The molecule has 0 radical (unpaired) electrons. The molecule has 0 aliphatic rings. The van der Waals surface area contributed by atoms with E-state index in [1.54, 1.807) is 0 Å². The first kappa shape index (κ1) is 19.3. The summed E-state index contributed by atoms with van der Waals surface area (Å²) in [5.74, 6) is -0.486. The van der Waals surface area contributed by atoms with Crippen molar-refractivity contribution >= 4 is 30.0 Å². The molecular weight excluding hydrogens is 295 g/mol. The van der Waals surface area contributed by atoms with Gasteiger partial charge in [0.1, 0.15) is 0 Å². The Hall–Kier alpha value is 0.968. The average molecular weight is 303 g/mol. The zero-order chi connectivity index (χ0) is 10.9. The van der Waals surface area contributed by atoms with Gasteiger partial charge in [0.15, 0.2) is 0 Å². The molecule has 0 aromatic heterocycles. The van der Waals surface area contributed by atoms with Crippen molar-refractivity contribution in [3.8, 4) is 0 Å². The summed E-state index contributed by atoms with van der Waals surface area (Å²) in [6, 6.07) is 3.55. The maximum atomic E-state index is 11.0. The Bertz CT molecular complexity index is 432. The van der Waals surface area contributed by atoms with Crippen molar-refractivity contribution in [1.29, 1.82) is 0 Å². The zero-order valence-electron chi connectivity index (χ0n) is 9.39. The summed E-state index contributed by atoms with van der Waals surface area (Å²) in [4.78, 5) is 11.0. The van der Waals surface area contributed by atoms with Crippen LogP contribution in [-0.4, -0.2) is 20.0 Å². The van der Waals surface area contributed by atoms with Crippen LogP contribution >= 0.6 is 0 Å².